The summed E-state index contributed by atoms with van der Waals surface area (Å²) >= 11 is 0. The first-order valence-electron chi connectivity index (χ1n) is 14.6. The molecule has 0 radical (unpaired) electrons. The largest absolute Gasteiger partial charge is 0.362 e. The van der Waals surface area contributed by atoms with Crippen molar-refractivity contribution >= 4 is 40.6 Å². The lowest BCUT2D eigenvalue weighted by molar-refractivity contribution is -0.161. The van der Waals surface area contributed by atoms with E-state index in [1.54, 1.807) is 16.0 Å². The average Bonchev–Trinajstić information content (AvgIpc) is 3.69. The molecule has 0 aromatic carbocycles. The lowest BCUT2D eigenvalue weighted by atomic mass is 9.84. The molecule has 6 rings (SSSR count). The zero-order valence-electron chi connectivity index (χ0n) is 26.3. The fourth-order valence-corrected chi connectivity index (χ4v) is 5.93. The molecule has 2 saturated heterocycles. The van der Waals surface area contributed by atoms with E-state index in [1.807, 2.05) is 0 Å². The van der Waals surface area contributed by atoms with Crippen LogP contribution in [0.5, 0.6) is 0 Å². The van der Waals surface area contributed by atoms with E-state index >= 15 is 0 Å². The Kier molecular flexibility index (Phi) is 7.04. The van der Waals surface area contributed by atoms with Crippen molar-refractivity contribution in [1.82, 2.24) is 49.4 Å². The van der Waals surface area contributed by atoms with Crippen LogP contribution in [0.3, 0.4) is 0 Å². The first kappa shape index (κ1) is 30.3. The van der Waals surface area contributed by atoms with Gasteiger partial charge < -0.3 is 9.47 Å². The highest BCUT2D eigenvalue weighted by atomic mass is 16.5. The Morgan fingerprint density at radius 3 is 1.76 bits per heavy atom. The van der Waals surface area contributed by atoms with Gasteiger partial charge in [-0.3, -0.25) is 34.3 Å². The summed E-state index contributed by atoms with van der Waals surface area (Å²) in [6.45, 7) is 17.3. The van der Waals surface area contributed by atoms with E-state index in [9.17, 15) is 19.2 Å². The number of carbonyl (C=O) groups is 4. The van der Waals surface area contributed by atoms with Gasteiger partial charge in [0.05, 0.1) is 11.7 Å². The number of ether oxygens (including phenoxy) is 2. The van der Waals surface area contributed by atoms with Gasteiger partial charge in [0.2, 0.25) is 0 Å². The molecule has 45 heavy (non-hydrogen) atoms. The fourth-order valence-electron chi connectivity index (χ4n) is 5.93. The van der Waals surface area contributed by atoms with E-state index in [0.29, 0.717) is 23.5 Å². The second-order valence-electron chi connectivity index (χ2n) is 13.4. The second-order valence-corrected chi connectivity index (χ2v) is 13.4. The number of imide groups is 2. The second kappa shape index (κ2) is 10.4. The van der Waals surface area contributed by atoms with Gasteiger partial charge in [-0.05, 0) is 6.92 Å². The van der Waals surface area contributed by atoms with Crippen LogP contribution in [0.4, 0.5) is 0 Å². The van der Waals surface area contributed by atoms with Crippen LogP contribution in [0.15, 0.2) is 6.58 Å². The normalized spacial score (nSPS) is 17.8. The molecule has 238 valence electrons. The molecule has 4 amide bonds. The summed E-state index contributed by atoms with van der Waals surface area (Å²) in [5, 5.41) is 24.6. The van der Waals surface area contributed by atoms with Crippen LogP contribution in [-0.4, -0.2) is 99.5 Å². The van der Waals surface area contributed by atoms with Crippen LogP contribution >= 0.6 is 0 Å². The molecule has 2 fully saturated rings. The third-order valence-electron chi connectivity index (χ3n) is 8.02. The molecule has 0 spiro atoms. The summed E-state index contributed by atoms with van der Waals surface area (Å²) in [5.41, 5.74) is 3.82. The number of rotatable bonds is 6. The molecule has 16 nitrogen and oxygen atoms in total. The smallest absolute Gasteiger partial charge is 0.259 e. The van der Waals surface area contributed by atoms with Gasteiger partial charge in [0.15, 0.2) is 22.9 Å². The van der Waals surface area contributed by atoms with Crippen LogP contribution in [0.25, 0.3) is 17.0 Å². The first-order chi connectivity index (χ1) is 21.1. The number of nitrogens with zero attached hydrogens (tertiary/aromatic N) is 8. The van der Waals surface area contributed by atoms with Crippen LogP contribution in [-0.2, 0) is 45.9 Å². The summed E-state index contributed by atoms with van der Waals surface area (Å²) in [7, 11) is 0. The van der Waals surface area contributed by atoms with Crippen molar-refractivity contribution in [3.63, 3.8) is 0 Å². The summed E-state index contributed by atoms with van der Waals surface area (Å²) in [5.74, 6) is -1.31. The number of H-pyrrole nitrogens is 2. The average molecular weight is 621 g/mol. The molecule has 2 N–H and O–H groups in total. The number of carbonyl (C=O) groups excluding carboxylic acids is 4. The molecule has 2 aliphatic rings. The highest BCUT2D eigenvalue weighted by Crippen LogP contribution is 2.36. The van der Waals surface area contributed by atoms with Crippen LogP contribution in [0.2, 0.25) is 0 Å². The Balaban J connectivity index is 1.47. The number of morpholine rings is 2. The molecular formula is C29H36N10O6. The van der Waals surface area contributed by atoms with Gasteiger partial charge in [0.25, 0.3) is 23.6 Å². The molecule has 2 aliphatic heterocycles. The molecule has 4 aromatic rings. The van der Waals surface area contributed by atoms with Crippen LogP contribution < -0.4 is 0 Å². The number of hydrogen-bond acceptors (Lipinski definition) is 10. The zero-order valence-corrected chi connectivity index (χ0v) is 26.3. The Morgan fingerprint density at radius 1 is 0.756 bits per heavy atom. The van der Waals surface area contributed by atoms with Crippen LogP contribution in [0.1, 0.15) is 88.7 Å². The zero-order chi connectivity index (χ0) is 32.6. The Labute approximate surface area is 257 Å². The maximum atomic E-state index is 12.6. The number of hydrogen-bond donors (Lipinski definition) is 2. The minimum Gasteiger partial charge on any atom is -0.362 e. The molecule has 0 saturated carbocycles. The molecular weight excluding hydrogens is 584 g/mol. The van der Waals surface area contributed by atoms with Crippen molar-refractivity contribution in [2.75, 3.05) is 26.4 Å². The van der Waals surface area contributed by atoms with E-state index in [-0.39, 0.29) is 48.8 Å². The van der Waals surface area contributed by atoms with Gasteiger partial charge in [-0.1, -0.05) is 48.1 Å². The number of nitrogens with one attached hydrogen (secondary N) is 2. The van der Waals surface area contributed by atoms with Gasteiger partial charge in [0, 0.05) is 39.8 Å². The van der Waals surface area contributed by atoms with Gasteiger partial charge >= 0.3 is 0 Å². The SMILES string of the molecule is C=C(c1nnc2c(Cc3c(C(C)(C)C)[nH]n4c(C(C)N5C(=O)COCC5=O)nnc34)c(C(C)(C)C)[nH]n12)N1C(=O)COCC1=O. The maximum absolute atomic E-state index is 12.6. The predicted octanol–water partition coefficient (Wildman–Crippen LogP) is 1.42. The highest BCUT2D eigenvalue weighted by Gasteiger charge is 2.37. The van der Waals surface area contributed by atoms with E-state index in [2.05, 4.69) is 78.7 Å². The lowest BCUT2D eigenvalue weighted by Crippen LogP contribution is -2.47. The third kappa shape index (κ3) is 4.93. The Bertz CT molecular complexity index is 1860. The van der Waals surface area contributed by atoms with Crippen molar-refractivity contribution in [3.8, 4) is 0 Å². The summed E-state index contributed by atoms with van der Waals surface area (Å²) in [6, 6.07) is -0.692. The molecule has 6 heterocycles. The number of aromatic amines is 2. The van der Waals surface area contributed by atoms with E-state index < -0.39 is 29.7 Å². The summed E-state index contributed by atoms with van der Waals surface area (Å²) < 4.78 is 13.5. The van der Waals surface area contributed by atoms with Gasteiger partial charge in [-0.2, -0.15) is 0 Å². The van der Waals surface area contributed by atoms with Crippen molar-refractivity contribution in [2.45, 2.75) is 71.8 Å². The Hall–Kier alpha value is -4.70. The van der Waals surface area contributed by atoms with E-state index in [1.165, 1.54) is 4.90 Å². The monoisotopic (exact) mass is 620 g/mol. The molecule has 4 aromatic heterocycles. The molecule has 1 unspecified atom stereocenters. The van der Waals surface area contributed by atoms with E-state index in [4.69, 9.17) is 9.47 Å². The first-order valence-corrected chi connectivity index (χ1v) is 14.6. The quantitative estimate of drug-likeness (QED) is 0.299. The van der Waals surface area contributed by atoms with Crippen molar-refractivity contribution < 1.29 is 28.7 Å². The van der Waals surface area contributed by atoms with Gasteiger partial charge in [-0.15, -0.1) is 20.4 Å². The Morgan fingerprint density at radius 2 is 1.22 bits per heavy atom. The van der Waals surface area contributed by atoms with Gasteiger partial charge in [-0.25, -0.2) is 13.9 Å². The number of fused-ring (bicyclic) bond motifs is 2. The number of amides is 4. The van der Waals surface area contributed by atoms with Gasteiger partial charge in [0.1, 0.15) is 26.4 Å². The lowest BCUT2D eigenvalue weighted by Gasteiger charge is -2.29. The highest BCUT2D eigenvalue weighted by molar-refractivity contribution is 6.05. The van der Waals surface area contributed by atoms with Crippen molar-refractivity contribution in [3.05, 3.63) is 40.7 Å². The van der Waals surface area contributed by atoms with E-state index in [0.717, 1.165) is 27.4 Å². The molecule has 16 heteroatoms. The third-order valence-corrected chi connectivity index (χ3v) is 8.02. The standard InChI is InChI=1S/C29H36N10O6/c1-14(36-18(40)10-44-11-19(36)41)24-30-32-26-16(22(28(3,4)5)34-38(24)26)9-17-23(29(6,7)8)35-39-25(31-33-27(17)39)15(2)37-20(42)12-45-13-21(37)43/h15,34-35H,1,9-13H2,2-8H3. The summed E-state index contributed by atoms with van der Waals surface area (Å²) in [6.07, 6.45) is 0.362. The van der Waals surface area contributed by atoms with Crippen molar-refractivity contribution in [1.29, 1.82) is 0 Å². The topological polar surface area (TPSA) is 185 Å². The fraction of sp³-hybridized carbons (Fsp3) is 0.517. The predicted molar refractivity (Wildman–Crippen MR) is 158 cm³/mol. The van der Waals surface area contributed by atoms with Crippen LogP contribution in [0, 0.1) is 0 Å². The van der Waals surface area contributed by atoms with Crippen molar-refractivity contribution in [2.24, 2.45) is 0 Å². The minimum atomic E-state index is -0.692. The maximum Gasteiger partial charge on any atom is 0.259 e. The molecule has 0 aliphatic carbocycles. The molecule has 1 atom stereocenters. The number of aromatic nitrogens is 8. The minimum absolute atomic E-state index is 0.0942. The summed E-state index contributed by atoms with van der Waals surface area (Å²) in [4.78, 5) is 52.5. The molecule has 0 bridgehead atoms.